The molecule has 1 N–H and O–H groups in total. The SMILES string of the molecule is O=C(COC(=O)c1cc2c(s1)-c1ccccc1OC2)NCc1ccc(F)cc1. The van der Waals surface area contributed by atoms with E-state index < -0.39 is 11.9 Å². The fraction of sp³-hybridized carbons (Fsp3) is 0.143. The Morgan fingerprint density at radius 1 is 1.14 bits per heavy atom. The molecule has 1 aliphatic rings. The number of esters is 1. The van der Waals surface area contributed by atoms with Gasteiger partial charge in [-0.05, 0) is 35.9 Å². The fourth-order valence-corrected chi connectivity index (χ4v) is 3.95. The van der Waals surface area contributed by atoms with Crippen LogP contribution in [0.1, 0.15) is 20.8 Å². The number of nitrogens with one attached hydrogen (secondary N) is 1. The lowest BCUT2D eigenvalue weighted by Gasteiger charge is -2.16. The van der Waals surface area contributed by atoms with Crippen LogP contribution in [0.25, 0.3) is 10.4 Å². The average molecular weight is 397 g/mol. The zero-order valence-electron chi connectivity index (χ0n) is 14.7. The molecule has 5 nitrogen and oxygen atoms in total. The molecule has 1 aromatic heterocycles. The van der Waals surface area contributed by atoms with Crippen molar-refractivity contribution in [2.24, 2.45) is 0 Å². The monoisotopic (exact) mass is 397 g/mol. The number of hydrogen-bond acceptors (Lipinski definition) is 5. The zero-order chi connectivity index (χ0) is 19.5. The van der Waals surface area contributed by atoms with Crippen molar-refractivity contribution < 1.29 is 23.5 Å². The molecule has 7 heteroatoms. The number of halogens is 1. The van der Waals surface area contributed by atoms with Gasteiger partial charge in [0.25, 0.3) is 5.91 Å². The summed E-state index contributed by atoms with van der Waals surface area (Å²) < 4.78 is 23.7. The molecule has 0 radical (unpaired) electrons. The molecule has 0 spiro atoms. The van der Waals surface area contributed by atoms with Crippen LogP contribution in [0.3, 0.4) is 0 Å². The molecule has 0 fully saturated rings. The van der Waals surface area contributed by atoms with E-state index in [2.05, 4.69) is 5.32 Å². The topological polar surface area (TPSA) is 64.6 Å². The van der Waals surface area contributed by atoms with E-state index in [1.54, 1.807) is 18.2 Å². The predicted octanol–water partition coefficient (Wildman–Crippen LogP) is 3.92. The van der Waals surface area contributed by atoms with Gasteiger partial charge in [0.2, 0.25) is 0 Å². The van der Waals surface area contributed by atoms with E-state index in [9.17, 15) is 14.0 Å². The van der Waals surface area contributed by atoms with E-state index in [1.807, 2.05) is 24.3 Å². The number of para-hydroxylation sites is 1. The van der Waals surface area contributed by atoms with E-state index in [-0.39, 0.29) is 19.0 Å². The lowest BCUT2D eigenvalue weighted by atomic mass is 10.1. The van der Waals surface area contributed by atoms with Crippen molar-refractivity contribution in [3.8, 4) is 16.2 Å². The zero-order valence-corrected chi connectivity index (χ0v) is 15.6. The van der Waals surface area contributed by atoms with Crippen molar-refractivity contribution in [1.82, 2.24) is 5.32 Å². The summed E-state index contributed by atoms with van der Waals surface area (Å²) in [6.07, 6.45) is 0. The molecule has 1 amide bonds. The summed E-state index contributed by atoms with van der Waals surface area (Å²) in [6.45, 7) is 0.252. The van der Waals surface area contributed by atoms with Gasteiger partial charge in [-0.1, -0.05) is 24.3 Å². The first-order valence-electron chi connectivity index (χ1n) is 8.63. The lowest BCUT2D eigenvalue weighted by molar-refractivity contribution is -0.124. The van der Waals surface area contributed by atoms with Crippen LogP contribution in [0.5, 0.6) is 5.75 Å². The number of hydrogen-bond donors (Lipinski definition) is 1. The van der Waals surface area contributed by atoms with Crippen molar-refractivity contribution in [2.75, 3.05) is 6.61 Å². The summed E-state index contributed by atoms with van der Waals surface area (Å²) in [5.74, 6) is -0.519. The normalized spacial score (nSPS) is 11.8. The molecule has 4 rings (SSSR count). The van der Waals surface area contributed by atoms with Gasteiger partial charge >= 0.3 is 5.97 Å². The van der Waals surface area contributed by atoms with Crippen LogP contribution >= 0.6 is 11.3 Å². The number of thiophene rings is 1. The Bertz CT molecular complexity index is 1030. The minimum atomic E-state index is -0.547. The highest BCUT2D eigenvalue weighted by molar-refractivity contribution is 7.17. The number of benzene rings is 2. The summed E-state index contributed by atoms with van der Waals surface area (Å²) >= 11 is 1.33. The second kappa shape index (κ2) is 7.82. The van der Waals surface area contributed by atoms with E-state index in [4.69, 9.17) is 9.47 Å². The lowest BCUT2D eigenvalue weighted by Crippen LogP contribution is -2.28. The van der Waals surface area contributed by atoms with Gasteiger partial charge in [0, 0.05) is 22.5 Å². The number of carbonyl (C=O) groups is 2. The Balaban J connectivity index is 1.34. The Hall–Kier alpha value is -3.19. The Morgan fingerprint density at radius 3 is 2.75 bits per heavy atom. The summed E-state index contributed by atoms with van der Waals surface area (Å²) in [5.41, 5.74) is 2.63. The van der Waals surface area contributed by atoms with Crippen molar-refractivity contribution in [3.05, 3.63) is 76.4 Å². The Kier molecular flexibility index (Phi) is 5.08. The van der Waals surface area contributed by atoms with Crippen LogP contribution in [0, 0.1) is 5.82 Å². The minimum Gasteiger partial charge on any atom is -0.488 e. The van der Waals surface area contributed by atoms with Crippen LogP contribution in [0.2, 0.25) is 0 Å². The Labute approximate surface area is 164 Å². The van der Waals surface area contributed by atoms with E-state index in [0.29, 0.717) is 11.5 Å². The third-order valence-corrected chi connectivity index (χ3v) is 5.45. The summed E-state index contributed by atoms with van der Waals surface area (Å²) in [4.78, 5) is 25.6. The molecule has 2 aromatic carbocycles. The highest BCUT2D eigenvalue weighted by Crippen LogP contribution is 2.42. The third-order valence-electron chi connectivity index (χ3n) is 4.26. The van der Waals surface area contributed by atoms with Gasteiger partial charge in [-0.15, -0.1) is 11.3 Å². The van der Waals surface area contributed by atoms with Crippen LogP contribution in [0.4, 0.5) is 4.39 Å². The summed E-state index contributed by atoms with van der Waals surface area (Å²) in [7, 11) is 0. The van der Waals surface area contributed by atoms with Gasteiger partial charge in [0.15, 0.2) is 6.61 Å². The molecule has 28 heavy (non-hydrogen) atoms. The van der Waals surface area contributed by atoms with E-state index >= 15 is 0 Å². The molecule has 0 aliphatic carbocycles. The molecule has 0 saturated carbocycles. The number of ether oxygens (including phenoxy) is 2. The quantitative estimate of drug-likeness (QED) is 0.663. The van der Waals surface area contributed by atoms with Crippen molar-refractivity contribution in [1.29, 1.82) is 0 Å². The van der Waals surface area contributed by atoms with E-state index in [0.717, 1.165) is 27.3 Å². The maximum atomic E-state index is 12.9. The fourth-order valence-electron chi connectivity index (χ4n) is 2.86. The molecule has 2 heterocycles. The van der Waals surface area contributed by atoms with Gasteiger partial charge in [-0.2, -0.15) is 0 Å². The molecule has 1 aliphatic heterocycles. The highest BCUT2D eigenvalue weighted by atomic mass is 32.1. The van der Waals surface area contributed by atoms with Crippen LogP contribution in [-0.4, -0.2) is 18.5 Å². The highest BCUT2D eigenvalue weighted by Gasteiger charge is 2.23. The standard InChI is InChI=1S/C21H16FNO4S/c22-15-7-5-13(6-8-15)10-23-19(24)12-27-21(25)18-9-14-11-26-17-4-2-1-3-16(17)20(14)28-18/h1-9H,10-12H2,(H,23,24). The second-order valence-electron chi connectivity index (χ2n) is 6.23. The molecule has 0 atom stereocenters. The molecular formula is C21H16FNO4S. The first kappa shape index (κ1) is 18.2. The summed E-state index contributed by atoms with van der Waals surface area (Å²) in [6, 6.07) is 15.2. The van der Waals surface area contributed by atoms with Gasteiger partial charge in [0.1, 0.15) is 23.1 Å². The molecule has 3 aromatic rings. The van der Waals surface area contributed by atoms with Gasteiger partial charge in [-0.3, -0.25) is 4.79 Å². The van der Waals surface area contributed by atoms with Crippen LogP contribution in [0.15, 0.2) is 54.6 Å². The second-order valence-corrected chi connectivity index (χ2v) is 7.28. The Morgan fingerprint density at radius 2 is 1.93 bits per heavy atom. The largest absolute Gasteiger partial charge is 0.488 e. The third kappa shape index (κ3) is 3.89. The maximum Gasteiger partial charge on any atom is 0.348 e. The van der Waals surface area contributed by atoms with Crippen LogP contribution < -0.4 is 10.1 Å². The first-order valence-corrected chi connectivity index (χ1v) is 9.45. The maximum absolute atomic E-state index is 12.9. The molecule has 142 valence electrons. The predicted molar refractivity (Wildman–Crippen MR) is 103 cm³/mol. The van der Waals surface area contributed by atoms with Gasteiger partial charge < -0.3 is 14.8 Å². The molecule has 0 bridgehead atoms. The average Bonchev–Trinajstić information content (AvgIpc) is 3.16. The van der Waals surface area contributed by atoms with Crippen molar-refractivity contribution in [2.45, 2.75) is 13.2 Å². The smallest absolute Gasteiger partial charge is 0.348 e. The number of carbonyl (C=O) groups excluding carboxylic acids is 2. The summed E-state index contributed by atoms with van der Waals surface area (Å²) in [5, 5.41) is 2.63. The molecule has 0 unspecified atom stereocenters. The van der Waals surface area contributed by atoms with Crippen molar-refractivity contribution >= 4 is 23.2 Å². The number of rotatable bonds is 5. The van der Waals surface area contributed by atoms with Gasteiger partial charge in [-0.25, -0.2) is 9.18 Å². The van der Waals surface area contributed by atoms with Crippen LogP contribution in [-0.2, 0) is 22.7 Å². The molecular weight excluding hydrogens is 381 g/mol. The van der Waals surface area contributed by atoms with E-state index in [1.165, 1.54) is 23.5 Å². The first-order chi connectivity index (χ1) is 13.6. The van der Waals surface area contributed by atoms with Crippen molar-refractivity contribution in [3.63, 3.8) is 0 Å². The minimum absolute atomic E-state index is 0.234. The number of fused-ring (bicyclic) bond motifs is 3. The molecule has 0 saturated heterocycles. The number of amides is 1. The van der Waals surface area contributed by atoms with Gasteiger partial charge in [0.05, 0.1) is 0 Å².